The second kappa shape index (κ2) is 6.23. The quantitative estimate of drug-likeness (QED) is 0.793. The van der Waals surface area contributed by atoms with Gasteiger partial charge in [-0.05, 0) is 44.6 Å². The van der Waals surface area contributed by atoms with E-state index in [0.717, 1.165) is 25.4 Å². The first-order valence-electron chi connectivity index (χ1n) is 7.93. The summed E-state index contributed by atoms with van der Waals surface area (Å²) < 4.78 is 5.63. The highest BCUT2D eigenvalue weighted by Crippen LogP contribution is 2.31. The van der Waals surface area contributed by atoms with Crippen LogP contribution in [0.2, 0.25) is 0 Å². The molecule has 0 aromatic rings. The molecule has 1 heterocycles. The number of nitrogens with zero attached hydrogens (tertiary/aromatic N) is 1. The van der Waals surface area contributed by atoms with Crippen LogP contribution in [0.3, 0.4) is 0 Å². The maximum absolute atomic E-state index is 11.7. The van der Waals surface area contributed by atoms with E-state index in [1.807, 2.05) is 0 Å². The predicted molar refractivity (Wildman–Crippen MR) is 73.9 cm³/mol. The van der Waals surface area contributed by atoms with Crippen molar-refractivity contribution in [1.29, 1.82) is 0 Å². The molecule has 4 heteroatoms. The molecule has 3 fully saturated rings. The summed E-state index contributed by atoms with van der Waals surface area (Å²) in [4.78, 5) is 14.3. The summed E-state index contributed by atoms with van der Waals surface area (Å²) in [5, 5.41) is 3.04. The molecular formula is C15H26N2O2. The van der Waals surface area contributed by atoms with E-state index in [-0.39, 0.29) is 12.5 Å². The minimum atomic E-state index is 0.0665. The molecule has 19 heavy (non-hydrogen) atoms. The molecule has 1 aliphatic heterocycles. The van der Waals surface area contributed by atoms with Crippen LogP contribution in [0.25, 0.3) is 0 Å². The van der Waals surface area contributed by atoms with Crippen LogP contribution in [0.15, 0.2) is 0 Å². The molecular weight excluding hydrogens is 240 g/mol. The number of carbonyl (C=O) groups is 1. The molecule has 2 aliphatic carbocycles. The van der Waals surface area contributed by atoms with Crippen LogP contribution >= 0.6 is 0 Å². The third-order valence-electron chi connectivity index (χ3n) is 4.72. The van der Waals surface area contributed by atoms with Crippen molar-refractivity contribution in [2.45, 2.75) is 57.1 Å². The van der Waals surface area contributed by atoms with E-state index in [4.69, 9.17) is 4.74 Å². The van der Waals surface area contributed by atoms with Crippen molar-refractivity contribution in [3.8, 4) is 0 Å². The van der Waals surface area contributed by atoms with E-state index in [1.54, 1.807) is 0 Å². The third-order valence-corrected chi connectivity index (χ3v) is 4.72. The standard InChI is InChI=1S/C15H26N2O2/c18-15(11-19-14-3-1-2-4-14)16-9-12-7-8-17(10-12)13-5-6-13/h12-14H,1-11H2,(H,16,18). The molecule has 1 saturated heterocycles. The monoisotopic (exact) mass is 266 g/mol. The second-order valence-electron chi connectivity index (χ2n) is 6.40. The number of rotatable bonds is 6. The zero-order chi connectivity index (χ0) is 13.1. The summed E-state index contributed by atoms with van der Waals surface area (Å²) in [6.07, 6.45) is 9.11. The van der Waals surface area contributed by atoms with Crippen LogP contribution in [-0.4, -0.2) is 49.2 Å². The van der Waals surface area contributed by atoms with Gasteiger partial charge in [0, 0.05) is 19.1 Å². The second-order valence-corrected chi connectivity index (χ2v) is 6.40. The van der Waals surface area contributed by atoms with Gasteiger partial charge >= 0.3 is 0 Å². The van der Waals surface area contributed by atoms with Crippen LogP contribution in [0.1, 0.15) is 44.9 Å². The molecule has 108 valence electrons. The van der Waals surface area contributed by atoms with Crippen LogP contribution in [0.4, 0.5) is 0 Å². The Kier molecular flexibility index (Phi) is 4.38. The van der Waals surface area contributed by atoms with Gasteiger partial charge in [-0.3, -0.25) is 4.79 Å². The van der Waals surface area contributed by atoms with E-state index in [1.165, 1.54) is 45.2 Å². The molecule has 0 bridgehead atoms. The summed E-state index contributed by atoms with van der Waals surface area (Å²) in [5.41, 5.74) is 0. The van der Waals surface area contributed by atoms with Crippen molar-refractivity contribution in [2.75, 3.05) is 26.2 Å². The first-order chi connectivity index (χ1) is 9.31. The van der Waals surface area contributed by atoms with Crippen molar-refractivity contribution >= 4 is 5.91 Å². The molecule has 4 nitrogen and oxygen atoms in total. The Morgan fingerprint density at radius 2 is 1.95 bits per heavy atom. The Bertz CT molecular complexity index is 311. The Morgan fingerprint density at radius 3 is 2.68 bits per heavy atom. The number of ether oxygens (including phenoxy) is 1. The van der Waals surface area contributed by atoms with Gasteiger partial charge in [-0.2, -0.15) is 0 Å². The van der Waals surface area contributed by atoms with E-state index in [0.29, 0.717) is 12.0 Å². The van der Waals surface area contributed by atoms with Gasteiger partial charge in [0.15, 0.2) is 0 Å². The predicted octanol–water partition coefficient (Wildman–Crippen LogP) is 1.55. The Balaban J connectivity index is 1.27. The Hall–Kier alpha value is -0.610. The maximum Gasteiger partial charge on any atom is 0.246 e. The summed E-state index contributed by atoms with van der Waals surface area (Å²) in [5.74, 6) is 0.716. The molecule has 0 spiro atoms. The van der Waals surface area contributed by atoms with Crippen molar-refractivity contribution in [1.82, 2.24) is 10.2 Å². The first kappa shape index (κ1) is 13.4. The largest absolute Gasteiger partial charge is 0.368 e. The Labute approximate surface area is 115 Å². The minimum Gasteiger partial charge on any atom is -0.368 e. The fraction of sp³-hybridized carbons (Fsp3) is 0.933. The normalized spacial score (nSPS) is 28.9. The van der Waals surface area contributed by atoms with E-state index in [9.17, 15) is 4.79 Å². The fourth-order valence-electron chi connectivity index (χ4n) is 3.36. The fourth-order valence-corrected chi connectivity index (χ4v) is 3.36. The van der Waals surface area contributed by atoms with Crippen LogP contribution < -0.4 is 5.32 Å². The molecule has 2 saturated carbocycles. The van der Waals surface area contributed by atoms with Gasteiger partial charge in [-0.15, -0.1) is 0 Å². The van der Waals surface area contributed by atoms with Gasteiger partial charge in [0.05, 0.1) is 6.10 Å². The van der Waals surface area contributed by atoms with E-state index in [2.05, 4.69) is 10.2 Å². The average molecular weight is 266 g/mol. The number of likely N-dealkylation sites (tertiary alicyclic amines) is 1. The van der Waals surface area contributed by atoms with Gasteiger partial charge in [-0.25, -0.2) is 0 Å². The summed E-state index contributed by atoms with van der Waals surface area (Å²) in [6.45, 7) is 3.48. The highest BCUT2D eigenvalue weighted by atomic mass is 16.5. The highest BCUT2D eigenvalue weighted by molar-refractivity contribution is 5.77. The highest BCUT2D eigenvalue weighted by Gasteiger charge is 2.34. The molecule has 0 radical (unpaired) electrons. The van der Waals surface area contributed by atoms with Gasteiger partial charge in [0.2, 0.25) is 5.91 Å². The molecule has 1 amide bonds. The molecule has 0 aromatic carbocycles. The summed E-state index contributed by atoms with van der Waals surface area (Å²) >= 11 is 0. The molecule has 0 aromatic heterocycles. The smallest absolute Gasteiger partial charge is 0.246 e. The van der Waals surface area contributed by atoms with Gasteiger partial charge in [-0.1, -0.05) is 12.8 Å². The van der Waals surface area contributed by atoms with Crippen molar-refractivity contribution < 1.29 is 9.53 Å². The number of carbonyl (C=O) groups excluding carboxylic acids is 1. The molecule has 1 N–H and O–H groups in total. The Morgan fingerprint density at radius 1 is 1.16 bits per heavy atom. The average Bonchev–Trinajstić information content (AvgIpc) is 2.95. The third kappa shape index (κ3) is 3.93. The SMILES string of the molecule is O=C(COC1CCCC1)NCC1CCN(C2CC2)C1. The topological polar surface area (TPSA) is 41.6 Å². The zero-order valence-electron chi connectivity index (χ0n) is 11.8. The van der Waals surface area contributed by atoms with Crippen LogP contribution in [0, 0.1) is 5.92 Å². The lowest BCUT2D eigenvalue weighted by atomic mass is 10.1. The van der Waals surface area contributed by atoms with Gasteiger partial charge < -0.3 is 15.0 Å². The first-order valence-corrected chi connectivity index (χ1v) is 7.93. The lowest BCUT2D eigenvalue weighted by molar-refractivity contribution is -0.127. The molecule has 1 atom stereocenters. The number of nitrogens with one attached hydrogen (secondary N) is 1. The van der Waals surface area contributed by atoms with Gasteiger partial charge in [0.25, 0.3) is 0 Å². The van der Waals surface area contributed by atoms with Crippen molar-refractivity contribution in [3.05, 3.63) is 0 Å². The lowest BCUT2D eigenvalue weighted by Gasteiger charge is -2.15. The summed E-state index contributed by atoms with van der Waals surface area (Å²) in [6, 6.07) is 0.867. The van der Waals surface area contributed by atoms with Crippen molar-refractivity contribution in [3.63, 3.8) is 0 Å². The lowest BCUT2D eigenvalue weighted by Crippen LogP contribution is -2.34. The van der Waals surface area contributed by atoms with E-state index < -0.39 is 0 Å². The maximum atomic E-state index is 11.7. The minimum absolute atomic E-state index is 0.0665. The number of hydrogen-bond acceptors (Lipinski definition) is 3. The van der Waals surface area contributed by atoms with Crippen molar-refractivity contribution in [2.24, 2.45) is 5.92 Å². The van der Waals surface area contributed by atoms with Crippen LogP contribution in [0.5, 0.6) is 0 Å². The zero-order valence-corrected chi connectivity index (χ0v) is 11.8. The molecule has 3 rings (SSSR count). The van der Waals surface area contributed by atoms with Crippen LogP contribution in [-0.2, 0) is 9.53 Å². The molecule has 1 unspecified atom stereocenters. The number of amides is 1. The number of hydrogen-bond donors (Lipinski definition) is 1. The van der Waals surface area contributed by atoms with E-state index >= 15 is 0 Å². The molecule has 3 aliphatic rings. The summed E-state index contributed by atoms with van der Waals surface area (Å²) in [7, 11) is 0. The van der Waals surface area contributed by atoms with Gasteiger partial charge in [0.1, 0.15) is 6.61 Å².